The highest BCUT2D eigenvalue weighted by Crippen LogP contribution is 2.24. The maximum Gasteiger partial charge on any atom is 0.326 e. The maximum absolute atomic E-state index is 13.4. The lowest BCUT2D eigenvalue weighted by Crippen LogP contribution is -2.58. The van der Waals surface area contributed by atoms with E-state index in [9.17, 15) is 29.4 Å². The number of nitrogens with zero attached hydrogens (tertiary/aromatic N) is 2. The van der Waals surface area contributed by atoms with Crippen LogP contribution in [0.3, 0.4) is 0 Å². The average Bonchev–Trinajstić information content (AvgIpc) is 3.44. The highest BCUT2D eigenvalue weighted by Gasteiger charge is 2.42. The number of rotatable bonds is 8. The van der Waals surface area contributed by atoms with Gasteiger partial charge < -0.3 is 25.3 Å². The monoisotopic (exact) mass is 423 g/mol. The van der Waals surface area contributed by atoms with Crippen LogP contribution in [-0.4, -0.2) is 81.5 Å². The normalized spacial score (nSPS) is 22.4. The molecule has 0 aliphatic carbocycles. The first-order chi connectivity index (χ1) is 13.9. The molecule has 9 nitrogen and oxygen atoms in total. The van der Waals surface area contributed by atoms with E-state index in [1.165, 1.54) is 16.2 Å². The van der Waals surface area contributed by atoms with Crippen molar-refractivity contribution in [2.24, 2.45) is 0 Å². The van der Waals surface area contributed by atoms with Crippen LogP contribution < -0.4 is 5.32 Å². The largest absolute Gasteiger partial charge is 0.480 e. The quantitative estimate of drug-likeness (QED) is 0.552. The van der Waals surface area contributed by atoms with Crippen LogP contribution in [0.1, 0.15) is 30.6 Å². The Morgan fingerprint density at radius 1 is 1.24 bits per heavy atom. The van der Waals surface area contributed by atoms with Gasteiger partial charge in [-0.3, -0.25) is 14.4 Å². The van der Waals surface area contributed by atoms with E-state index >= 15 is 0 Å². The zero-order valence-electron chi connectivity index (χ0n) is 16.0. The van der Waals surface area contributed by atoms with Gasteiger partial charge >= 0.3 is 11.9 Å². The summed E-state index contributed by atoms with van der Waals surface area (Å²) in [6.45, 7) is 0.339. The summed E-state index contributed by atoms with van der Waals surface area (Å²) in [7, 11) is 0. The molecule has 3 atom stereocenters. The molecule has 2 amide bonds. The van der Waals surface area contributed by atoms with Gasteiger partial charge in [-0.05, 0) is 43.7 Å². The molecule has 1 aromatic rings. The predicted molar refractivity (Wildman–Crippen MR) is 105 cm³/mol. The Bertz CT molecular complexity index is 762. The van der Waals surface area contributed by atoms with E-state index in [4.69, 9.17) is 0 Å². The Kier molecular flexibility index (Phi) is 6.86. The van der Waals surface area contributed by atoms with Crippen LogP contribution in [0.25, 0.3) is 0 Å². The number of carboxylic acids is 2. The van der Waals surface area contributed by atoms with Crippen molar-refractivity contribution in [1.82, 2.24) is 15.1 Å². The fourth-order valence-electron chi connectivity index (χ4n) is 4.01. The average molecular weight is 423 g/mol. The second-order valence-electron chi connectivity index (χ2n) is 7.34. The molecule has 0 aromatic carbocycles. The molecule has 0 radical (unpaired) electrons. The Labute approximate surface area is 172 Å². The molecular formula is C19H25N3O6S. The lowest BCUT2D eigenvalue weighted by Gasteiger charge is -2.35. The van der Waals surface area contributed by atoms with Gasteiger partial charge in [0.25, 0.3) is 0 Å². The Balaban J connectivity index is 1.92. The summed E-state index contributed by atoms with van der Waals surface area (Å²) < 4.78 is 0. The first-order valence-corrected chi connectivity index (χ1v) is 10.6. The number of carbonyl (C=O) groups excluding carboxylic acids is 2. The Hall–Kier alpha value is -2.46. The van der Waals surface area contributed by atoms with Crippen LogP contribution in [0, 0.1) is 0 Å². The molecule has 0 saturated carbocycles. The zero-order valence-corrected chi connectivity index (χ0v) is 16.8. The molecule has 3 heterocycles. The third kappa shape index (κ3) is 4.94. The molecule has 2 aliphatic rings. The Morgan fingerprint density at radius 2 is 2.03 bits per heavy atom. The SMILES string of the molecule is O=C(O)CN(C(=O)[C@@H]1CCCN1)[C@@H](Cc1cccs1)C(=O)N1CCC[C@H]1C(=O)O. The standard InChI is InChI=1S/C19H25N3O6S/c23-16(24)11-22(17(25)13-5-1-7-20-13)15(10-12-4-3-9-29-12)18(26)21-8-2-6-14(21)19(27)28/h3-4,9,13-15,20H,1-2,5-8,10-11H2,(H,23,24)(H,27,28)/t13-,14-,15-/m0/s1. The maximum atomic E-state index is 13.4. The number of carboxylic acid groups (broad SMARTS) is 2. The molecule has 2 fully saturated rings. The second-order valence-corrected chi connectivity index (χ2v) is 8.37. The summed E-state index contributed by atoms with van der Waals surface area (Å²) in [5.41, 5.74) is 0. The fraction of sp³-hybridized carbons (Fsp3) is 0.579. The molecule has 1 aromatic heterocycles. The fourth-order valence-corrected chi connectivity index (χ4v) is 4.75. The summed E-state index contributed by atoms with van der Waals surface area (Å²) in [6, 6.07) is 1.11. The predicted octanol–water partition coefficient (Wildman–Crippen LogP) is 0.400. The summed E-state index contributed by atoms with van der Waals surface area (Å²) in [6.07, 6.45) is 2.45. The molecule has 0 bridgehead atoms. The summed E-state index contributed by atoms with van der Waals surface area (Å²) in [5.74, 6) is -3.22. The number of aliphatic carboxylic acids is 2. The number of carbonyl (C=O) groups is 4. The summed E-state index contributed by atoms with van der Waals surface area (Å²) >= 11 is 1.41. The Morgan fingerprint density at radius 3 is 2.62 bits per heavy atom. The molecular weight excluding hydrogens is 398 g/mol. The van der Waals surface area contributed by atoms with Gasteiger partial charge in [0.05, 0.1) is 6.04 Å². The van der Waals surface area contributed by atoms with Gasteiger partial charge in [0.2, 0.25) is 11.8 Å². The van der Waals surface area contributed by atoms with Crippen LogP contribution in [0.5, 0.6) is 0 Å². The van der Waals surface area contributed by atoms with Crippen LogP contribution in [0.2, 0.25) is 0 Å². The number of thiophene rings is 1. The number of hydrogen-bond acceptors (Lipinski definition) is 6. The minimum absolute atomic E-state index is 0.158. The molecule has 3 rings (SSSR count). The number of likely N-dealkylation sites (tertiary alicyclic amines) is 1. The highest BCUT2D eigenvalue weighted by molar-refractivity contribution is 7.09. The van der Waals surface area contributed by atoms with E-state index in [1.54, 1.807) is 0 Å². The molecule has 29 heavy (non-hydrogen) atoms. The summed E-state index contributed by atoms with van der Waals surface area (Å²) in [5, 5.41) is 23.8. The minimum atomic E-state index is -1.21. The topological polar surface area (TPSA) is 127 Å². The van der Waals surface area contributed by atoms with Gasteiger partial charge in [-0.15, -0.1) is 11.3 Å². The summed E-state index contributed by atoms with van der Waals surface area (Å²) in [4.78, 5) is 52.8. The molecule has 2 saturated heterocycles. The second kappa shape index (κ2) is 9.36. The third-order valence-corrected chi connectivity index (χ3v) is 6.30. The molecule has 158 valence electrons. The molecule has 10 heteroatoms. The first kappa shape index (κ1) is 21.3. The van der Waals surface area contributed by atoms with Gasteiger partial charge in [-0.2, -0.15) is 0 Å². The number of nitrogens with one attached hydrogen (secondary N) is 1. The van der Waals surface area contributed by atoms with Crippen molar-refractivity contribution in [2.75, 3.05) is 19.6 Å². The smallest absolute Gasteiger partial charge is 0.326 e. The van der Waals surface area contributed by atoms with Gasteiger partial charge in [0.15, 0.2) is 0 Å². The molecule has 3 N–H and O–H groups in total. The van der Waals surface area contributed by atoms with E-state index in [2.05, 4.69) is 5.32 Å². The molecule has 0 spiro atoms. The lowest BCUT2D eigenvalue weighted by molar-refractivity contribution is -0.156. The van der Waals surface area contributed by atoms with Crippen LogP contribution >= 0.6 is 11.3 Å². The minimum Gasteiger partial charge on any atom is -0.480 e. The van der Waals surface area contributed by atoms with Crippen molar-refractivity contribution in [2.45, 2.75) is 50.2 Å². The van der Waals surface area contributed by atoms with Crippen LogP contribution in [-0.2, 0) is 25.6 Å². The van der Waals surface area contributed by atoms with Crippen molar-refractivity contribution < 1.29 is 29.4 Å². The highest BCUT2D eigenvalue weighted by atomic mass is 32.1. The molecule has 2 aliphatic heterocycles. The van der Waals surface area contributed by atoms with Crippen LogP contribution in [0.15, 0.2) is 17.5 Å². The molecule has 0 unspecified atom stereocenters. The van der Waals surface area contributed by atoms with Crippen molar-refractivity contribution in [1.29, 1.82) is 0 Å². The number of hydrogen-bond donors (Lipinski definition) is 3. The zero-order chi connectivity index (χ0) is 21.0. The van der Waals surface area contributed by atoms with E-state index in [1.807, 2.05) is 17.5 Å². The third-order valence-electron chi connectivity index (χ3n) is 5.40. The lowest BCUT2D eigenvalue weighted by atomic mass is 10.1. The van der Waals surface area contributed by atoms with Crippen LogP contribution in [0.4, 0.5) is 0 Å². The first-order valence-electron chi connectivity index (χ1n) is 9.70. The van der Waals surface area contributed by atoms with Gasteiger partial charge in [-0.25, -0.2) is 4.79 Å². The van der Waals surface area contributed by atoms with E-state index in [0.717, 1.165) is 16.2 Å². The van der Waals surface area contributed by atoms with E-state index in [-0.39, 0.29) is 13.0 Å². The van der Waals surface area contributed by atoms with Crippen molar-refractivity contribution in [3.63, 3.8) is 0 Å². The van der Waals surface area contributed by atoms with Gasteiger partial charge in [0, 0.05) is 17.8 Å². The van der Waals surface area contributed by atoms with Gasteiger partial charge in [0.1, 0.15) is 18.6 Å². The van der Waals surface area contributed by atoms with Crippen molar-refractivity contribution in [3.8, 4) is 0 Å². The van der Waals surface area contributed by atoms with E-state index < -0.39 is 48.4 Å². The number of amides is 2. The van der Waals surface area contributed by atoms with Crippen molar-refractivity contribution in [3.05, 3.63) is 22.4 Å². The van der Waals surface area contributed by atoms with E-state index in [0.29, 0.717) is 25.8 Å². The van der Waals surface area contributed by atoms with Gasteiger partial charge in [-0.1, -0.05) is 6.07 Å². The van der Waals surface area contributed by atoms with Crippen molar-refractivity contribution >= 4 is 35.1 Å².